The van der Waals surface area contributed by atoms with Crippen molar-refractivity contribution >= 4 is 5.91 Å². The summed E-state index contributed by atoms with van der Waals surface area (Å²) in [5.74, 6) is 2.47. The van der Waals surface area contributed by atoms with Gasteiger partial charge in [-0.1, -0.05) is 20.3 Å². The minimum atomic E-state index is 0.369. The van der Waals surface area contributed by atoms with E-state index in [4.69, 9.17) is 0 Å². The van der Waals surface area contributed by atoms with Crippen molar-refractivity contribution in [2.45, 2.75) is 71.3 Å². The summed E-state index contributed by atoms with van der Waals surface area (Å²) in [6.45, 7) is 6.80. The van der Waals surface area contributed by atoms with Crippen LogP contribution < -0.4 is 5.32 Å². The molecule has 2 unspecified atom stereocenters. The van der Waals surface area contributed by atoms with Crippen LogP contribution in [0.5, 0.6) is 0 Å². The lowest BCUT2D eigenvalue weighted by Gasteiger charge is -2.36. The standard InChI is InChI=1S/C18H34N2O/c1-4-15-7-9-17(10-8-15)20(3)18(21)12-14(2)16-6-5-11-19-13-16/h14-17,19H,4-13H2,1-3H3. The van der Waals surface area contributed by atoms with E-state index < -0.39 is 0 Å². The van der Waals surface area contributed by atoms with Crippen LogP contribution in [0.3, 0.4) is 0 Å². The van der Waals surface area contributed by atoms with E-state index in [1.54, 1.807) is 0 Å². The minimum Gasteiger partial charge on any atom is -0.343 e. The molecule has 0 aromatic carbocycles. The number of hydrogen-bond donors (Lipinski definition) is 1. The Balaban J connectivity index is 1.76. The van der Waals surface area contributed by atoms with Gasteiger partial charge >= 0.3 is 0 Å². The Hall–Kier alpha value is -0.570. The van der Waals surface area contributed by atoms with Gasteiger partial charge in [0.05, 0.1) is 0 Å². The fourth-order valence-electron chi connectivity index (χ4n) is 4.09. The SMILES string of the molecule is CCC1CCC(N(C)C(=O)CC(C)C2CCCNC2)CC1. The molecule has 3 nitrogen and oxygen atoms in total. The van der Waals surface area contributed by atoms with Gasteiger partial charge in [0.15, 0.2) is 0 Å². The van der Waals surface area contributed by atoms with Crippen LogP contribution in [0.15, 0.2) is 0 Å². The first-order chi connectivity index (χ1) is 10.1. The number of nitrogens with zero attached hydrogens (tertiary/aromatic N) is 1. The zero-order valence-corrected chi connectivity index (χ0v) is 14.2. The molecule has 1 saturated carbocycles. The molecule has 0 bridgehead atoms. The summed E-state index contributed by atoms with van der Waals surface area (Å²) in [7, 11) is 2.03. The highest BCUT2D eigenvalue weighted by Gasteiger charge is 2.28. The summed E-state index contributed by atoms with van der Waals surface area (Å²) >= 11 is 0. The van der Waals surface area contributed by atoms with Crippen molar-refractivity contribution < 1.29 is 4.79 Å². The molecule has 1 saturated heterocycles. The third-order valence-electron chi connectivity index (χ3n) is 5.97. The molecule has 1 amide bonds. The summed E-state index contributed by atoms with van der Waals surface area (Å²) < 4.78 is 0. The maximum absolute atomic E-state index is 12.6. The van der Waals surface area contributed by atoms with Crippen LogP contribution in [0.1, 0.15) is 65.2 Å². The van der Waals surface area contributed by atoms with Crippen molar-refractivity contribution in [3.8, 4) is 0 Å². The zero-order chi connectivity index (χ0) is 15.2. The second-order valence-corrected chi connectivity index (χ2v) is 7.38. The molecule has 2 aliphatic rings. The molecule has 2 fully saturated rings. The minimum absolute atomic E-state index is 0.369. The van der Waals surface area contributed by atoms with Crippen molar-refractivity contribution in [3.05, 3.63) is 0 Å². The van der Waals surface area contributed by atoms with Gasteiger partial charge < -0.3 is 10.2 Å². The maximum atomic E-state index is 12.6. The third kappa shape index (κ3) is 4.70. The van der Waals surface area contributed by atoms with Crippen LogP contribution in [0.2, 0.25) is 0 Å². The molecule has 0 spiro atoms. The number of nitrogens with one attached hydrogen (secondary N) is 1. The number of hydrogen-bond acceptors (Lipinski definition) is 2. The highest BCUT2D eigenvalue weighted by molar-refractivity contribution is 5.76. The van der Waals surface area contributed by atoms with Gasteiger partial charge in [-0.2, -0.15) is 0 Å². The van der Waals surface area contributed by atoms with E-state index in [1.165, 1.54) is 44.9 Å². The number of carbonyl (C=O) groups excluding carboxylic acids is 1. The first kappa shape index (κ1) is 16.8. The number of rotatable bonds is 5. The Morgan fingerprint density at radius 1 is 1.24 bits per heavy atom. The lowest BCUT2D eigenvalue weighted by Crippen LogP contribution is -2.41. The lowest BCUT2D eigenvalue weighted by atomic mass is 9.83. The molecule has 1 aliphatic heterocycles. The van der Waals surface area contributed by atoms with Gasteiger partial charge in [0.1, 0.15) is 0 Å². The van der Waals surface area contributed by atoms with Gasteiger partial charge in [-0.05, 0) is 69.4 Å². The lowest BCUT2D eigenvalue weighted by molar-refractivity contribution is -0.134. The highest BCUT2D eigenvalue weighted by atomic mass is 16.2. The van der Waals surface area contributed by atoms with Crippen molar-refractivity contribution in [1.29, 1.82) is 0 Å². The normalized spacial score (nSPS) is 31.7. The molecule has 122 valence electrons. The topological polar surface area (TPSA) is 32.3 Å². The van der Waals surface area contributed by atoms with Gasteiger partial charge in [0, 0.05) is 19.5 Å². The number of carbonyl (C=O) groups is 1. The Kier molecular flexibility index (Phi) is 6.53. The second kappa shape index (κ2) is 8.17. The van der Waals surface area contributed by atoms with Crippen molar-refractivity contribution in [3.63, 3.8) is 0 Å². The van der Waals surface area contributed by atoms with E-state index in [0.717, 1.165) is 25.4 Å². The van der Waals surface area contributed by atoms with Gasteiger partial charge in [0.2, 0.25) is 5.91 Å². The predicted molar refractivity (Wildman–Crippen MR) is 88.2 cm³/mol. The molecule has 2 rings (SSSR count). The Bertz CT molecular complexity index is 317. The average Bonchev–Trinajstić information content (AvgIpc) is 2.55. The summed E-state index contributed by atoms with van der Waals surface area (Å²) in [5, 5.41) is 3.47. The molecule has 0 aromatic heterocycles. The molecule has 21 heavy (non-hydrogen) atoms. The van der Waals surface area contributed by atoms with E-state index in [9.17, 15) is 4.79 Å². The third-order valence-corrected chi connectivity index (χ3v) is 5.97. The number of piperidine rings is 1. The molecule has 1 N–H and O–H groups in total. The van der Waals surface area contributed by atoms with Crippen LogP contribution in [0.4, 0.5) is 0 Å². The smallest absolute Gasteiger partial charge is 0.222 e. The van der Waals surface area contributed by atoms with Gasteiger partial charge in [-0.25, -0.2) is 0 Å². The largest absolute Gasteiger partial charge is 0.343 e. The quantitative estimate of drug-likeness (QED) is 0.842. The fourth-order valence-corrected chi connectivity index (χ4v) is 4.09. The van der Waals surface area contributed by atoms with Crippen LogP contribution in [-0.2, 0) is 4.79 Å². The molecular formula is C18H34N2O. The van der Waals surface area contributed by atoms with Crippen LogP contribution >= 0.6 is 0 Å². The average molecular weight is 294 g/mol. The highest BCUT2D eigenvalue weighted by Crippen LogP contribution is 2.30. The molecule has 1 aliphatic carbocycles. The van der Waals surface area contributed by atoms with Crippen molar-refractivity contribution in [2.75, 3.05) is 20.1 Å². The molecule has 2 atom stereocenters. The summed E-state index contributed by atoms with van der Waals surface area (Å²) in [4.78, 5) is 14.6. The van der Waals surface area contributed by atoms with Gasteiger partial charge in [-0.3, -0.25) is 4.79 Å². The first-order valence-electron chi connectivity index (χ1n) is 9.08. The van der Waals surface area contributed by atoms with Gasteiger partial charge in [-0.15, -0.1) is 0 Å². The Morgan fingerprint density at radius 2 is 1.95 bits per heavy atom. The number of amides is 1. The van der Waals surface area contributed by atoms with E-state index in [1.807, 2.05) is 7.05 Å². The summed E-state index contributed by atoms with van der Waals surface area (Å²) in [6, 6.07) is 0.497. The van der Waals surface area contributed by atoms with E-state index in [0.29, 0.717) is 23.8 Å². The van der Waals surface area contributed by atoms with E-state index >= 15 is 0 Å². The summed E-state index contributed by atoms with van der Waals surface area (Å²) in [5.41, 5.74) is 0. The van der Waals surface area contributed by atoms with Crippen LogP contribution in [-0.4, -0.2) is 37.0 Å². The molecule has 0 radical (unpaired) electrons. The van der Waals surface area contributed by atoms with E-state index in [2.05, 4.69) is 24.1 Å². The molecule has 0 aromatic rings. The fraction of sp³-hybridized carbons (Fsp3) is 0.944. The van der Waals surface area contributed by atoms with Crippen LogP contribution in [0, 0.1) is 17.8 Å². The monoisotopic (exact) mass is 294 g/mol. The van der Waals surface area contributed by atoms with Crippen molar-refractivity contribution in [1.82, 2.24) is 10.2 Å². The zero-order valence-electron chi connectivity index (χ0n) is 14.2. The van der Waals surface area contributed by atoms with Crippen molar-refractivity contribution in [2.24, 2.45) is 17.8 Å². The Labute approximate surface area is 130 Å². The van der Waals surface area contributed by atoms with Gasteiger partial charge in [0.25, 0.3) is 0 Å². The maximum Gasteiger partial charge on any atom is 0.222 e. The Morgan fingerprint density at radius 3 is 2.52 bits per heavy atom. The molecule has 1 heterocycles. The molecular weight excluding hydrogens is 260 g/mol. The second-order valence-electron chi connectivity index (χ2n) is 7.38. The summed E-state index contributed by atoms with van der Waals surface area (Å²) in [6.07, 6.45) is 9.61. The van der Waals surface area contributed by atoms with E-state index in [-0.39, 0.29) is 0 Å². The predicted octanol–water partition coefficient (Wildman–Crippen LogP) is 3.44. The molecule has 3 heteroatoms. The first-order valence-corrected chi connectivity index (χ1v) is 9.08. The van der Waals surface area contributed by atoms with Crippen LogP contribution in [0.25, 0.3) is 0 Å².